The molecule has 2 atom stereocenters. The Morgan fingerprint density at radius 3 is 2.62 bits per heavy atom. The van der Waals surface area contributed by atoms with Crippen molar-refractivity contribution < 1.29 is 4.79 Å². The Kier molecular flexibility index (Phi) is 4.02. The number of carbonyl (C=O) groups excluding carboxylic acids is 1. The fourth-order valence-corrected chi connectivity index (χ4v) is 3.82. The number of likely N-dealkylation sites (tertiary alicyclic amines) is 1. The summed E-state index contributed by atoms with van der Waals surface area (Å²) in [6.45, 7) is 3.60. The zero-order valence-corrected chi connectivity index (χ0v) is 13.5. The number of hydrogen-bond acceptors (Lipinski definition) is 5. The number of nitrogens with zero attached hydrogens (tertiary/aromatic N) is 4. The summed E-state index contributed by atoms with van der Waals surface area (Å²) in [4.78, 5) is 26.9. The number of carbonyl (C=O) groups is 1. The minimum absolute atomic E-state index is 0.0374. The number of amides is 1. The first-order valence-electron chi connectivity index (χ1n) is 8.53. The predicted molar refractivity (Wildman–Crippen MR) is 89.5 cm³/mol. The summed E-state index contributed by atoms with van der Waals surface area (Å²) < 4.78 is 1.18. The number of aromatic nitrogens is 3. The standard InChI is InChI=1S/C17H21N5O2/c23-16(21-7-5-12-9-18-10-13(12)6-8-21)11-22-17(24)14-3-1-2-4-15(14)19-20-22/h1-4,12-13,18H,5-11H2/t12-,13+. The van der Waals surface area contributed by atoms with Crippen LogP contribution in [0.2, 0.25) is 0 Å². The Balaban J connectivity index is 1.50. The molecule has 7 heteroatoms. The van der Waals surface area contributed by atoms with Crippen molar-refractivity contribution in [1.82, 2.24) is 25.2 Å². The highest BCUT2D eigenvalue weighted by Crippen LogP contribution is 2.27. The highest BCUT2D eigenvalue weighted by molar-refractivity contribution is 5.78. The molecule has 1 aromatic heterocycles. The second-order valence-electron chi connectivity index (χ2n) is 6.71. The van der Waals surface area contributed by atoms with Crippen LogP contribution in [0, 0.1) is 11.8 Å². The molecule has 2 aliphatic heterocycles. The molecule has 3 heterocycles. The SMILES string of the molecule is O=C(Cn1nnc2ccccc2c1=O)N1CC[C@@H]2CNC[C@@H]2CC1. The summed E-state index contributed by atoms with van der Waals surface area (Å²) in [5, 5.41) is 11.9. The van der Waals surface area contributed by atoms with E-state index in [1.807, 2.05) is 11.0 Å². The first-order chi connectivity index (χ1) is 11.7. The molecule has 7 nitrogen and oxygen atoms in total. The van der Waals surface area contributed by atoms with E-state index in [0.29, 0.717) is 22.7 Å². The van der Waals surface area contributed by atoms with E-state index >= 15 is 0 Å². The van der Waals surface area contributed by atoms with Gasteiger partial charge < -0.3 is 10.2 Å². The first-order valence-corrected chi connectivity index (χ1v) is 8.53. The molecule has 1 amide bonds. The van der Waals surface area contributed by atoms with Crippen molar-refractivity contribution in [1.29, 1.82) is 0 Å². The van der Waals surface area contributed by atoms with Crippen molar-refractivity contribution in [3.05, 3.63) is 34.6 Å². The third-order valence-electron chi connectivity index (χ3n) is 5.29. The average molecular weight is 327 g/mol. The van der Waals surface area contributed by atoms with E-state index in [4.69, 9.17) is 0 Å². The van der Waals surface area contributed by atoms with Gasteiger partial charge in [0.2, 0.25) is 5.91 Å². The van der Waals surface area contributed by atoms with Crippen molar-refractivity contribution >= 4 is 16.8 Å². The number of nitrogens with one attached hydrogen (secondary N) is 1. The Labute approximate surface area is 139 Å². The molecule has 4 rings (SSSR count). The Morgan fingerprint density at radius 2 is 1.88 bits per heavy atom. The van der Waals surface area contributed by atoms with Gasteiger partial charge in [-0.15, -0.1) is 5.10 Å². The topological polar surface area (TPSA) is 80.1 Å². The maximum atomic E-state index is 12.6. The molecule has 0 saturated carbocycles. The smallest absolute Gasteiger partial charge is 0.278 e. The van der Waals surface area contributed by atoms with Crippen LogP contribution in [-0.2, 0) is 11.3 Å². The van der Waals surface area contributed by atoms with Crippen LogP contribution < -0.4 is 10.9 Å². The zero-order chi connectivity index (χ0) is 16.5. The zero-order valence-electron chi connectivity index (χ0n) is 13.5. The lowest BCUT2D eigenvalue weighted by Gasteiger charge is -2.21. The van der Waals surface area contributed by atoms with E-state index in [1.54, 1.807) is 18.2 Å². The van der Waals surface area contributed by atoms with Crippen LogP contribution in [0.3, 0.4) is 0 Å². The molecule has 0 radical (unpaired) electrons. The number of benzene rings is 1. The molecule has 2 saturated heterocycles. The van der Waals surface area contributed by atoms with Crippen LogP contribution >= 0.6 is 0 Å². The summed E-state index contributed by atoms with van der Waals surface area (Å²) in [7, 11) is 0. The minimum atomic E-state index is -0.259. The summed E-state index contributed by atoms with van der Waals surface area (Å²) in [6.07, 6.45) is 2.06. The number of fused-ring (bicyclic) bond motifs is 2. The van der Waals surface area contributed by atoms with Crippen molar-refractivity contribution in [3.63, 3.8) is 0 Å². The van der Waals surface area contributed by atoms with Crippen LogP contribution in [0.15, 0.2) is 29.1 Å². The Morgan fingerprint density at radius 1 is 1.17 bits per heavy atom. The van der Waals surface area contributed by atoms with Gasteiger partial charge in [0.05, 0.1) is 5.39 Å². The van der Waals surface area contributed by atoms with E-state index in [9.17, 15) is 9.59 Å². The molecule has 24 heavy (non-hydrogen) atoms. The molecule has 126 valence electrons. The van der Waals surface area contributed by atoms with Crippen molar-refractivity contribution in [2.45, 2.75) is 19.4 Å². The van der Waals surface area contributed by atoms with Gasteiger partial charge in [0.25, 0.3) is 5.56 Å². The normalized spacial score (nSPS) is 23.9. The van der Waals surface area contributed by atoms with Gasteiger partial charge in [-0.25, -0.2) is 4.68 Å². The quantitative estimate of drug-likeness (QED) is 0.855. The van der Waals surface area contributed by atoms with E-state index < -0.39 is 0 Å². The third kappa shape index (κ3) is 2.80. The third-order valence-corrected chi connectivity index (χ3v) is 5.29. The first kappa shape index (κ1) is 15.3. The molecular weight excluding hydrogens is 306 g/mol. The van der Waals surface area contributed by atoms with Crippen LogP contribution in [0.4, 0.5) is 0 Å². The van der Waals surface area contributed by atoms with Gasteiger partial charge in [0.1, 0.15) is 12.1 Å². The molecular formula is C17H21N5O2. The fraction of sp³-hybridized carbons (Fsp3) is 0.529. The van der Waals surface area contributed by atoms with Crippen molar-refractivity contribution in [3.8, 4) is 0 Å². The summed E-state index contributed by atoms with van der Waals surface area (Å²) in [6, 6.07) is 7.07. The average Bonchev–Trinajstić information content (AvgIpc) is 2.96. The Bertz CT molecular complexity index is 804. The van der Waals surface area contributed by atoms with Gasteiger partial charge >= 0.3 is 0 Å². The minimum Gasteiger partial charge on any atom is -0.341 e. The molecule has 2 aliphatic rings. The molecule has 0 spiro atoms. The summed E-state index contributed by atoms with van der Waals surface area (Å²) >= 11 is 0. The molecule has 2 aromatic rings. The second-order valence-corrected chi connectivity index (χ2v) is 6.71. The molecule has 0 bridgehead atoms. The highest BCUT2D eigenvalue weighted by Gasteiger charge is 2.31. The van der Waals surface area contributed by atoms with Gasteiger partial charge in [0.15, 0.2) is 0 Å². The van der Waals surface area contributed by atoms with E-state index in [1.165, 1.54) is 4.68 Å². The molecule has 0 aliphatic carbocycles. The monoisotopic (exact) mass is 327 g/mol. The van der Waals surface area contributed by atoms with E-state index in [0.717, 1.165) is 39.0 Å². The molecule has 2 fully saturated rings. The van der Waals surface area contributed by atoms with Crippen LogP contribution in [0.5, 0.6) is 0 Å². The van der Waals surface area contributed by atoms with E-state index in [-0.39, 0.29) is 18.0 Å². The van der Waals surface area contributed by atoms with Gasteiger partial charge in [0, 0.05) is 13.1 Å². The maximum Gasteiger partial charge on any atom is 0.278 e. The van der Waals surface area contributed by atoms with Gasteiger partial charge in [-0.05, 0) is 49.9 Å². The molecule has 1 N–H and O–H groups in total. The van der Waals surface area contributed by atoms with Crippen LogP contribution in [0.25, 0.3) is 10.9 Å². The summed E-state index contributed by atoms with van der Waals surface area (Å²) in [5.41, 5.74) is 0.297. The van der Waals surface area contributed by atoms with Gasteiger partial charge in [-0.3, -0.25) is 9.59 Å². The number of hydrogen-bond donors (Lipinski definition) is 1. The van der Waals surface area contributed by atoms with E-state index in [2.05, 4.69) is 15.6 Å². The van der Waals surface area contributed by atoms with Crippen LogP contribution in [-0.4, -0.2) is 52.0 Å². The Hall–Kier alpha value is -2.28. The largest absolute Gasteiger partial charge is 0.341 e. The van der Waals surface area contributed by atoms with Crippen molar-refractivity contribution in [2.24, 2.45) is 11.8 Å². The lowest BCUT2D eigenvalue weighted by Crippen LogP contribution is -2.38. The van der Waals surface area contributed by atoms with Crippen LogP contribution in [0.1, 0.15) is 12.8 Å². The number of rotatable bonds is 2. The lowest BCUT2D eigenvalue weighted by atomic mass is 9.92. The van der Waals surface area contributed by atoms with Crippen molar-refractivity contribution in [2.75, 3.05) is 26.2 Å². The second kappa shape index (κ2) is 6.32. The lowest BCUT2D eigenvalue weighted by molar-refractivity contribution is -0.132. The fourth-order valence-electron chi connectivity index (χ4n) is 3.82. The maximum absolute atomic E-state index is 12.6. The van der Waals surface area contributed by atoms with Gasteiger partial charge in [-0.1, -0.05) is 17.3 Å². The van der Waals surface area contributed by atoms with Gasteiger partial charge in [-0.2, -0.15) is 0 Å². The molecule has 1 aromatic carbocycles. The predicted octanol–water partition coefficient (Wildman–Crippen LogP) is 0.250. The summed E-state index contributed by atoms with van der Waals surface area (Å²) in [5.74, 6) is 1.30. The highest BCUT2D eigenvalue weighted by atomic mass is 16.2. The molecule has 0 unspecified atom stereocenters.